The average molecular weight is 457 g/mol. The first kappa shape index (κ1) is 23.7. The number of likely N-dealkylation sites (tertiary alicyclic amines) is 1. The third-order valence-corrected chi connectivity index (χ3v) is 6.28. The van der Waals surface area contributed by atoms with Crippen molar-refractivity contribution >= 4 is 10.0 Å². The molecule has 0 spiro atoms. The highest BCUT2D eigenvalue weighted by Gasteiger charge is 2.33. The predicted molar refractivity (Wildman–Crippen MR) is 113 cm³/mol. The van der Waals surface area contributed by atoms with Crippen molar-refractivity contribution in [2.45, 2.75) is 44.6 Å². The molecule has 2 aromatic carbocycles. The molecule has 0 saturated carbocycles. The largest absolute Gasteiger partial charge is 0.345 e. The lowest BCUT2D eigenvalue weighted by Crippen LogP contribution is -2.44. The van der Waals surface area contributed by atoms with E-state index in [-0.39, 0.29) is 17.8 Å². The zero-order valence-electron chi connectivity index (χ0n) is 17.5. The number of nitrogens with one attached hydrogen (secondary N) is 1. The average Bonchev–Trinajstić information content (AvgIpc) is 2.68. The monoisotopic (exact) mass is 456 g/mol. The van der Waals surface area contributed by atoms with Gasteiger partial charge in [0.25, 0.3) is 0 Å². The molecule has 0 radical (unpaired) electrons. The number of piperidine rings is 1. The fraction of sp³-hybridized carbons (Fsp3) is 0.455. The van der Waals surface area contributed by atoms with Gasteiger partial charge in [-0.3, -0.25) is 4.90 Å². The first-order valence-electron chi connectivity index (χ1n) is 10.1. The maximum Gasteiger partial charge on any atom is 0.345 e. The lowest BCUT2D eigenvalue weighted by atomic mass is 9.86. The zero-order valence-corrected chi connectivity index (χ0v) is 18.3. The molecule has 5 nitrogen and oxygen atoms in total. The van der Waals surface area contributed by atoms with Crippen LogP contribution in [0.25, 0.3) is 0 Å². The number of rotatable bonds is 8. The molecule has 31 heavy (non-hydrogen) atoms. The minimum Gasteiger partial charge on any atom is -0.318 e. The Morgan fingerprint density at radius 3 is 2.35 bits per heavy atom. The predicted octanol–water partition coefficient (Wildman–Crippen LogP) is 4.03. The summed E-state index contributed by atoms with van der Waals surface area (Å²) in [6.07, 6.45) is 1.04. The summed E-state index contributed by atoms with van der Waals surface area (Å²) < 4.78 is 69.5. The Morgan fingerprint density at radius 1 is 1.13 bits per heavy atom. The van der Waals surface area contributed by atoms with E-state index in [4.69, 9.17) is 4.74 Å². The van der Waals surface area contributed by atoms with Crippen LogP contribution in [0.2, 0.25) is 0 Å². The third kappa shape index (κ3) is 7.03. The van der Waals surface area contributed by atoms with Gasteiger partial charge in [-0.05, 0) is 48.7 Å². The summed E-state index contributed by atoms with van der Waals surface area (Å²) in [4.78, 5) is 2.06. The second kappa shape index (κ2) is 10.1. The fourth-order valence-corrected chi connectivity index (χ4v) is 4.82. The Morgan fingerprint density at radius 2 is 1.77 bits per heavy atom. The van der Waals surface area contributed by atoms with Gasteiger partial charge < -0.3 is 4.74 Å². The number of alkyl halides is 2. The van der Waals surface area contributed by atoms with E-state index in [1.54, 1.807) is 19.1 Å². The molecule has 3 rings (SSSR count). The molecule has 0 amide bonds. The van der Waals surface area contributed by atoms with Crippen LogP contribution in [0.4, 0.5) is 13.2 Å². The zero-order chi connectivity index (χ0) is 22.6. The highest BCUT2D eigenvalue weighted by Crippen LogP contribution is 2.32. The number of ether oxygens (including phenoxy) is 1. The van der Waals surface area contributed by atoms with Crippen LogP contribution < -0.4 is 4.72 Å². The molecule has 0 aromatic heterocycles. The second-order valence-corrected chi connectivity index (χ2v) is 9.75. The van der Waals surface area contributed by atoms with E-state index < -0.39 is 22.7 Å². The molecular formula is C22H27F3N2O3S. The molecule has 1 N–H and O–H groups in total. The minimum atomic E-state index is -3.31. The number of halogens is 3. The van der Waals surface area contributed by atoms with Gasteiger partial charge in [0.05, 0.1) is 12.4 Å². The van der Waals surface area contributed by atoms with Crippen LogP contribution in [0, 0.1) is 5.82 Å². The Kier molecular flexibility index (Phi) is 7.74. The SMILES string of the molecule is C[C@@H](NS(C)(=O)=O)c1ccc(CN2CCC(c3ccc(F)cc3)C(OC(F)F)C2)cc1. The maximum absolute atomic E-state index is 13.2. The molecule has 1 heterocycles. The van der Waals surface area contributed by atoms with Crippen molar-refractivity contribution in [1.29, 1.82) is 0 Å². The van der Waals surface area contributed by atoms with Crippen LogP contribution in [0.1, 0.15) is 42.0 Å². The lowest BCUT2D eigenvalue weighted by molar-refractivity contribution is -0.180. The van der Waals surface area contributed by atoms with Crippen molar-refractivity contribution < 1.29 is 26.3 Å². The minimum absolute atomic E-state index is 0.226. The molecule has 1 saturated heterocycles. The van der Waals surface area contributed by atoms with Crippen molar-refractivity contribution in [3.63, 3.8) is 0 Å². The Hall–Kier alpha value is -1.94. The van der Waals surface area contributed by atoms with E-state index >= 15 is 0 Å². The van der Waals surface area contributed by atoms with Gasteiger partial charge in [0.2, 0.25) is 10.0 Å². The van der Waals surface area contributed by atoms with Crippen LogP contribution >= 0.6 is 0 Å². The Bertz CT molecular complexity index is 953. The van der Waals surface area contributed by atoms with Crippen molar-refractivity contribution in [1.82, 2.24) is 9.62 Å². The van der Waals surface area contributed by atoms with Gasteiger partial charge in [0, 0.05) is 25.0 Å². The van der Waals surface area contributed by atoms with Crippen molar-refractivity contribution in [3.05, 3.63) is 71.0 Å². The molecule has 0 bridgehead atoms. The Labute approximate surface area is 181 Å². The number of hydrogen-bond donors (Lipinski definition) is 1. The van der Waals surface area contributed by atoms with E-state index in [0.717, 1.165) is 22.9 Å². The number of nitrogens with zero attached hydrogens (tertiary/aromatic N) is 1. The molecule has 2 unspecified atom stereocenters. The number of benzene rings is 2. The van der Waals surface area contributed by atoms with Crippen molar-refractivity contribution in [2.75, 3.05) is 19.3 Å². The van der Waals surface area contributed by atoms with Gasteiger partial charge in [0.1, 0.15) is 5.82 Å². The summed E-state index contributed by atoms with van der Waals surface area (Å²) in [6.45, 7) is 0.478. The first-order chi connectivity index (χ1) is 14.6. The summed E-state index contributed by atoms with van der Waals surface area (Å²) in [5, 5.41) is 0. The van der Waals surface area contributed by atoms with E-state index in [2.05, 4.69) is 9.62 Å². The summed E-state index contributed by atoms with van der Waals surface area (Å²) in [6, 6.07) is 13.1. The second-order valence-electron chi connectivity index (χ2n) is 7.97. The van der Waals surface area contributed by atoms with Crippen LogP contribution in [0.15, 0.2) is 48.5 Å². The molecule has 1 aliphatic rings. The van der Waals surface area contributed by atoms with Gasteiger partial charge >= 0.3 is 6.61 Å². The molecule has 2 aromatic rings. The van der Waals surface area contributed by atoms with Crippen molar-refractivity contribution in [2.24, 2.45) is 0 Å². The first-order valence-corrected chi connectivity index (χ1v) is 12.0. The third-order valence-electron chi connectivity index (χ3n) is 5.50. The highest BCUT2D eigenvalue weighted by molar-refractivity contribution is 7.88. The summed E-state index contributed by atoms with van der Waals surface area (Å²) >= 11 is 0. The fourth-order valence-electron chi connectivity index (χ4n) is 4.04. The van der Waals surface area contributed by atoms with Crippen molar-refractivity contribution in [3.8, 4) is 0 Å². The van der Waals surface area contributed by atoms with E-state index in [0.29, 0.717) is 26.1 Å². The van der Waals surface area contributed by atoms with E-state index in [1.165, 1.54) is 12.1 Å². The molecule has 0 aliphatic carbocycles. The molecule has 9 heteroatoms. The normalized spacial score (nSPS) is 21.4. The van der Waals surface area contributed by atoms with Crippen LogP contribution in [-0.2, 0) is 21.3 Å². The molecule has 1 aliphatic heterocycles. The van der Waals surface area contributed by atoms with Crippen LogP contribution in [-0.4, -0.2) is 45.4 Å². The molecule has 1 fully saturated rings. The number of sulfonamides is 1. The van der Waals surface area contributed by atoms with Gasteiger partial charge in [-0.2, -0.15) is 8.78 Å². The standard InChI is InChI=1S/C22H27F3N2O3S/c1-15(26-31(2,28)29)17-5-3-16(4-6-17)13-27-12-11-20(21(14-27)30-22(24)25)18-7-9-19(23)10-8-18/h3-10,15,20-22,26H,11-14H2,1-2H3/t15-,20?,21?/m1/s1. The van der Waals surface area contributed by atoms with Crippen LogP contribution in [0.3, 0.4) is 0 Å². The number of hydrogen-bond acceptors (Lipinski definition) is 4. The molecular weight excluding hydrogens is 429 g/mol. The lowest BCUT2D eigenvalue weighted by Gasteiger charge is -2.38. The molecule has 170 valence electrons. The van der Waals surface area contributed by atoms with E-state index in [9.17, 15) is 21.6 Å². The topological polar surface area (TPSA) is 58.6 Å². The van der Waals surface area contributed by atoms with Crippen LogP contribution in [0.5, 0.6) is 0 Å². The van der Waals surface area contributed by atoms with Gasteiger partial charge in [0.15, 0.2) is 0 Å². The molecule has 3 atom stereocenters. The smallest absolute Gasteiger partial charge is 0.318 e. The van der Waals surface area contributed by atoms with Gasteiger partial charge in [-0.25, -0.2) is 17.5 Å². The Balaban J connectivity index is 1.65. The maximum atomic E-state index is 13.2. The summed E-state index contributed by atoms with van der Waals surface area (Å²) in [5.41, 5.74) is 2.62. The van der Waals surface area contributed by atoms with Gasteiger partial charge in [-0.1, -0.05) is 36.4 Å². The van der Waals surface area contributed by atoms with E-state index in [1.807, 2.05) is 24.3 Å². The quantitative estimate of drug-likeness (QED) is 0.652. The summed E-state index contributed by atoms with van der Waals surface area (Å²) in [7, 11) is -3.31. The highest BCUT2D eigenvalue weighted by atomic mass is 32.2. The van der Waals surface area contributed by atoms with Gasteiger partial charge in [-0.15, -0.1) is 0 Å². The summed E-state index contributed by atoms with van der Waals surface area (Å²) in [5.74, 6) is -0.590.